The normalized spacial score (nSPS) is 22.9. The Labute approximate surface area is 357 Å². The predicted octanol–water partition coefficient (Wildman–Crippen LogP) is 4.32. The van der Waals surface area contributed by atoms with Gasteiger partial charge in [-0.25, -0.2) is 4.79 Å². The van der Waals surface area contributed by atoms with E-state index in [4.69, 9.17) is 0 Å². The maximum absolute atomic E-state index is 14.8. The third kappa shape index (κ3) is 9.59. The van der Waals surface area contributed by atoms with E-state index in [1.165, 1.54) is 30.0 Å². The molecule has 4 aliphatic rings. The molecule has 2 aliphatic heterocycles. The highest BCUT2D eigenvalue weighted by Crippen LogP contribution is 2.33. The molecule has 3 aromatic rings. The minimum Gasteiger partial charge on any atom is -0.465 e. The molecule has 14 nitrogen and oxygen atoms in total. The average molecular weight is 834 g/mol. The molecule has 2 heterocycles. The second-order valence-electron chi connectivity index (χ2n) is 18.2. The lowest BCUT2D eigenvalue weighted by Gasteiger charge is -2.42. The first-order valence-corrected chi connectivity index (χ1v) is 21.6. The summed E-state index contributed by atoms with van der Waals surface area (Å²) in [5, 5.41) is 25.2. The highest BCUT2D eigenvalue weighted by Gasteiger charge is 2.44. The van der Waals surface area contributed by atoms with Gasteiger partial charge in [0.15, 0.2) is 0 Å². The van der Waals surface area contributed by atoms with Crippen LogP contribution in [0.3, 0.4) is 0 Å². The van der Waals surface area contributed by atoms with Crippen LogP contribution in [0.4, 0.5) is 4.79 Å². The van der Waals surface area contributed by atoms with E-state index in [1.54, 1.807) is 32.9 Å². The van der Waals surface area contributed by atoms with Crippen molar-refractivity contribution in [3.05, 3.63) is 106 Å². The number of carbonyl (C=O) groups excluding carboxylic acids is 5. The zero-order chi connectivity index (χ0) is 43.6. The van der Waals surface area contributed by atoms with Crippen molar-refractivity contribution in [2.75, 3.05) is 13.6 Å². The molecule has 7 rings (SSSR count). The minimum atomic E-state index is -1.29. The van der Waals surface area contributed by atoms with Crippen molar-refractivity contribution >= 4 is 35.6 Å². The molecule has 1 saturated heterocycles. The van der Waals surface area contributed by atoms with Crippen LogP contribution < -0.4 is 26.6 Å². The van der Waals surface area contributed by atoms with Crippen LogP contribution >= 0.6 is 0 Å². The first kappa shape index (κ1) is 43.3. The monoisotopic (exact) mass is 833 g/mol. The van der Waals surface area contributed by atoms with Crippen LogP contribution in [0.25, 0.3) is 0 Å². The maximum atomic E-state index is 14.8. The van der Waals surface area contributed by atoms with E-state index in [0.717, 1.165) is 60.1 Å². The molecule has 0 aromatic heterocycles. The van der Waals surface area contributed by atoms with Crippen LogP contribution in [0.2, 0.25) is 0 Å². The number of hydrogen-bond acceptors (Lipinski definition) is 7. The van der Waals surface area contributed by atoms with Gasteiger partial charge in [-0.1, -0.05) is 75.4 Å². The molecule has 2 aliphatic carbocycles. The van der Waals surface area contributed by atoms with Crippen molar-refractivity contribution in [3.8, 4) is 0 Å². The number of amides is 6. The van der Waals surface area contributed by atoms with Gasteiger partial charge in [0.1, 0.15) is 18.1 Å². The lowest BCUT2D eigenvalue weighted by atomic mass is 9.83. The molecule has 14 heteroatoms. The third-order valence-electron chi connectivity index (χ3n) is 13.0. The fourth-order valence-corrected chi connectivity index (χ4v) is 9.27. The summed E-state index contributed by atoms with van der Waals surface area (Å²) >= 11 is 0. The Hall–Kier alpha value is -5.76. The Balaban J connectivity index is 1.08. The topological polar surface area (TPSA) is 189 Å². The summed E-state index contributed by atoms with van der Waals surface area (Å²) in [6.07, 6.45) is 4.81. The number of benzene rings is 3. The van der Waals surface area contributed by atoms with Crippen LogP contribution in [-0.4, -0.2) is 94.3 Å². The lowest BCUT2D eigenvalue weighted by Crippen LogP contribution is -2.62. The van der Waals surface area contributed by atoms with Gasteiger partial charge in [-0.3, -0.25) is 28.9 Å². The molecule has 0 radical (unpaired) electrons. The summed E-state index contributed by atoms with van der Waals surface area (Å²) in [5.74, 6) is -1.86. The van der Waals surface area contributed by atoms with Crippen molar-refractivity contribution < 1.29 is 33.9 Å². The number of hydrogen-bond donors (Lipinski definition) is 6. The van der Waals surface area contributed by atoms with Crippen molar-refractivity contribution in [2.45, 2.75) is 128 Å². The van der Waals surface area contributed by atoms with Gasteiger partial charge >= 0.3 is 6.09 Å². The molecule has 3 unspecified atom stereocenters. The van der Waals surface area contributed by atoms with E-state index >= 15 is 0 Å². The molecular weight excluding hydrogens is 775 g/mol. The van der Waals surface area contributed by atoms with E-state index in [-0.39, 0.29) is 48.8 Å². The van der Waals surface area contributed by atoms with Gasteiger partial charge in [0.25, 0.3) is 5.91 Å². The molecule has 7 atom stereocenters. The van der Waals surface area contributed by atoms with Crippen molar-refractivity contribution in [1.29, 1.82) is 0 Å². The Morgan fingerprint density at radius 1 is 0.803 bits per heavy atom. The number of likely N-dealkylation sites (N-methyl/N-ethyl adjacent to an activating group) is 1. The molecule has 0 spiro atoms. The standard InChI is InChI=1S/C47H59N7O7/c1-27(53(5)46(60)61)41(55)52-40(47(2,3)4)45(59)54-26-32-22-31(21-20-30(32)23-39(54)44(58)51-37-19-11-15-29-13-7-9-17-35(29)37)42(56)49-33-24-38(48-25-33)43(57)50-36-18-10-14-28-12-6-8-16-34(28)36/h6-9,12-13,16-17,20-22,27,33,36-40,48H,10-11,14-15,18-19,23-26H2,1-5H3,(H,49,56)(H,50,57)(H,51,58)(H,52,55)(H,60,61)/t27?,33-,36+,37+,38-,39?,40?/m0/s1. The maximum Gasteiger partial charge on any atom is 0.407 e. The SMILES string of the molecule is CC(C(=O)NC(C(=O)N1Cc2cc(C(=O)N[C@@H]3CN[C@H](C(=O)N[C@@H]4CCCc5ccccc54)C3)ccc2CC1C(=O)N[C@@H]1CCCc2ccccc21)C(C)(C)C)N(C)C(=O)O. The molecule has 3 aromatic carbocycles. The second-order valence-corrected chi connectivity index (χ2v) is 18.2. The Morgan fingerprint density at radius 3 is 2.02 bits per heavy atom. The highest BCUT2D eigenvalue weighted by molar-refractivity contribution is 5.96. The molecular formula is C47H59N7O7. The second kappa shape index (κ2) is 18.1. The van der Waals surface area contributed by atoms with Crippen molar-refractivity contribution in [1.82, 2.24) is 36.4 Å². The molecule has 0 bridgehead atoms. The molecule has 0 saturated carbocycles. The van der Waals surface area contributed by atoms with Crippen LogP contribution in [0, 0.1) is 5.41 Å². The Morgan fingerprint density at radius 2 is 1.41 bits per heavy atom. The van der Waals surface area contributed by atoms with Crippen LogP contribution in [0.1, 0.15) is 116 Å². The quantitative estimate of drug-likeness (QED) is 0.174. The summed E-state index contributed by atoms with van der Waals surface area (Å²) in [6, 6.07) is 17.4. The molecule has 1 fully saturated rings. The van der Waals surface area contributed by atoms with Gasteiger partial charge in [0.2, 0.25) is 23.6 Å². The van der Waals surface area contributed by atoms with Crippen molar-refractivity contribution in [3.63, 3.8) is 0 Å². The van der Waals surface area contributed by atoms with E-state index in [9.17, 15) is 33.9 Å². The molecule has 6 N–H and O–H groups in total. The lowest BCUT2D eigenvalue weighted by molar-refractivity contribution is -0.147. The van der Waals surface area contributed by atoms with E-state index < -0.39 is 47.5 Å². The largest absolute Gasteiger partial charge is 0.465 e. The van der Waals surface area contributed by atoms with Gasteiger partial charge in [0.05, 0.1) is 18.1 Å². The van der Waals surface area contributed by atoms with Crippen LogP contribution in [0.15, 0.2) is 66.7 Å². The van der Waals surface area contributed by atoms with Crippen molar-refractivity contribution in [2.24, 2.45) is 5.41 Å². The van der Waals surface area contributed by atoms with E-state index in [1.807, 2.05) is 36.4 Å². The predicted molar refractivity (Wildman–Crippen MR) is 229 cm³/mol. The van der Waals surface area contributed by atoms with Gasteiger partial charge < -0.3 is 36.6 Å². The fourth-order valence-electron chi connectivity index (χ4n) is 9.27. The smallest absolute Gasteiger partial charge is 0.407 e. The number of nitrogens with zero attached hydrogens (tertiary/aromatic N) is 2. The summed E-state index contributed by atoms with van der Waals surface area (Å²) in [7, 11) is 1.29. The summed E-state index contributed by atoms with van der Waals surface area (Å²) in [4.78, 5) is 83.9. The number of aryl methyl sites for hydroxylation is 2. The summed E-state index contributed by atoms with van der Waals surface area (Å²) < 4.78 is 0. The van der Waals surface area contributed by atoms with Gasteiger partial charge in [0, 0.05) is 38.2 Å². The molecule has 6 amide bonds. The summed E-state index contributed by atoms with van der Waals surface area (Å²) in [5.41, 5.74) is 5.74. The van der Waals surface area contributed by atoms with Crippen LogP contribution in [0.5, 0.6) is 0 Å². The fraction of sp³-hybridized carbons (Fsp3) is 0.489. The third-order valence-corrected chi connectivity index (χ3v) is 13.0. The van der Waals surface area contributed by atoms with Crippen LogP contribution in [-0.2, 0) is 45.0 Å². The van der Waals surface area contributed by atoms with E-state index in [0.29, 0.717) is 24.1 Å². The van der Waals surface area contributed by atoms with Gasteiger partial charge in [-0.05, 0) is 103 Å². The number of carbonyl (C=O) groups is 6. The molecule has 324 valence electrons. The zero-order valence-electron chi connectivity index (χ0n) is 35.8. The number of carboxylic acid groups (broad SMARTS) is 1. The number of fused-ring (bicyclic) bond motifs is 3. The summed E-state index contributed by atoms with van der Waals surface area (Å²) in [6.45, 7) is 7.29. The number of nitrogens with one attached hydrogen (secondary N) is 5. The number of rotatable bonds is 10. The Kier molecular flexibility index (Phi) is 12.8. The highest BCUT2D eigenvalue weighted by atomic mass is 16.4. The first-order chi connectivity index (χ1) is 29.1. The van der Waals surface area contributed by atoms with Gasteiger partial charge in [-0.15, -0.1) is 0 Å². The Bertz CT molecular complexity index is 2190. The van der Waals surface area contributed by atoms with Gasteiger partial charge in [-0.2, -0.15) is 0 Å². The average Bonchev–Trinajstić information content (AvgIpc) is 3.72. The minimum absolute atomic E-state index is 0.000809. The first-order valence-electron chi connectivity index (χ1n) is 21.6. The zero-order valence-corrected chi connectivity index (χ0v) is 35.8. The molecule has 61 heavy (non-hydrogen) atoms. The van der Waals surface area contributed by atoms with E-state index in [2.05, 4.69) is 44.8 Å².